The Hall–Kier alpha value is -0.610. The van der Waals surface area contributed by atoms with Crippen LogP contribution in [-0.2, 0) is 4.79 Å². The van der Waals surface area contributed by atoms with Crippen LogP contribution in [-0.4, -0.2) is 61.0 Å². The molecule has 0 aromatic rings. The van der Waals surface area contributed by atoms with Crippen LogP contribution in [0.4, 0.5) is 0 Å². The van der Waals surface area contributed by atoms with Crippen LogP contribution in [0, 0.1) is 23.2 Å². The van der Waals surface area contributed by atoms with Crippen molar-refractivity contribution in [1.29, 1.82) is 0 Å². The summed E-state index contributed by atoms with van der Waals surface area (Å²) in [6.07, 6.45) is 6.85. The van der Waals surface area contributed by atoms with Gasteiger partial charge in [0.25, 0.3) is 0 Å². The minimum Gasteiger partial charge on any atom is -0.351 e. The molecule has 0 radical (unpaired) electrons. The summed E-state index contributed by atoms with van der Waals surface area (Å²) >= 11 is 0. The number of nitrogens with one attached hydrogen (secondary N) is 1. The first-order chi connectivity index (χ1) is 10.9. The molecule has 5 aliphatic rings. The predicted molar refractivity (Wildman–Crippen MR) is 92.1 cm³/mol. The standard InChI is InChI=1S/C19H33N3O/c1-13(22-6-4-21(3)5-7-22)18(23)20-17-15-8-14-9-16(17)12-19(2,10-14)11-15/h13-17H,4-12H2,1-3H3,(H,20,23). The molecular formula is C19H33N3O. The zero-order valence-corrected chi connectivity index (χ0v) is 15.1. The summed E-state index contributed by atoms with van der Waals surface area (Å²) in [6, 6.07) is 0.485. The minimum atomic E-state index is 0.0245. The summed E-state index contributed by atoms with van der Waals surface area (Å²) in [4.78, 5) is 17.5. The number of amides is 1. The molecule has 3 atom stereocenters. The zero-order chi connectivity index (χ0) is 16.2. The number of piperazine rings is 1. The number of hydrogen-bond acceptors (Lipinski definition) is 3. The lowest BCUT2D eigenvalue weighted by Gasteiger charge is -2.59. The number of likely N-dealkylation sites (N-methyl/N-ethyl adjacent to an activating group) is 1. The highest BCUT2D eigenvalue weighted by Crippen LogP contribution is 2.59. The van der Waals surface area contributed by atoms with Gasteiger partial charge in [0.1, 0.15) is 0 Å². The third kappa shape index (κ3) is 2.93. The Morgan fingerprint density at radius 1 is 1.09 bits per heavy atom. The van der Waals surface area contributed by atoms with Gasteiger partial charge < -0.3 is 10.2 Å². The van der Waals surface area contributed by atoms with E-state index in [1.807, 2.05) is 0 Å². The maximum Gasteiger partial charge on any atom is 0.237 e. The van der Waals surface area contributed by atoms with Gasteiger partial charge in [-0.05, 0) is 69.2 Å². The first-order valence-corrected chi connectivity index (χ1v) is 9.66. The zero-order valence-electron chi connectivity index (χ0n) is 15.1. The van der Waals surface area contributed by atoms with Crippen molar-refractivity contribution in [1.82, 2.24) is 15.1 Å². The predicted octanol–water partition coefficient (Wildman–Crippen LogP) is 1.95. The fourth-order valence-corrected chi connectivity index (χ4v) is 6.33. The van der Waals surface area contributed by atoms with Crippen LogP contribution in [0.2, 0.25) is 0 Å². The van der Waals surface area contributed by atoms with Crippen molar-refractivity contribution in [3.63, 3.8) is 0 Å². The average molecular weight is 319 g/mol. The molecule has 23 heavy (non-hydrogen) atoms. The van der Waals surface area contributed by atoms with E-state index in [4.69, 9.17) is 0 Å². The molecule has 0 aromatic heterocycles. The van der Waals surface area contributed by atoms with Crippen molar-refractivity contribution in [2.75, 3.05) is 33.2 Å². The molecule has 1 saturated heterocycles. The van der Waals surface area contributed by atoms with E-state index in [9.17, 15) is 4.79 Å². The van der Waals surface area contributed by atoms with E-state index in [1.165, 1.54) is 32.1 Å². The summed E-state index contributed by atoms with van der Waals surface area (Å²) < 4.78 is 0. The molecule has 4 saturated carbocycles. The fraction of sp³-hybridized carbons (Fsp3) is 0.947. The lowest BCUT2D eigenvalue weighted by atomic mass is 9.48. The van der Waals surface area contributed by atoms with Crippen LogP contribution in [0.5, 0.6) is 0 Å². The van der Waals surface area contributed by atoms with E-state index < -0.39 is 0 Å². The maximum atomic E-state index is 12.8. The highest BCUT2D eigenvalue weighted by Gasteiger charge is 2.53. The number of hydrogen-bond donors (Lipinski definition) is 1. The van der Waals surface area contributed by atoms with Gasteiger partial charge in [-0.25, -0.2) is 0 Å². The van der Waals surface area contributed by atoms with E-state index >= 15 is 0 Å². The fourth-order valence-electron chi connectivity index (χ4n) is 6.33. The van der Waals surface area contributed by atoms with Gasteiger partial charge in [0, 0.05) is 32.2 Å². The van der Waals surface area contributed by atoms with Gasteiger partial charge in [-0.1, -0.05) is 6.92 Å². The average Bonchev–Trinajstić information content (AvgIpc) is 2.49. The Kier molecular flexibility index (Phi) is 3.96. The molecule has 4 heteroatoms. The van der Waals surface area contributed by atoms with Crippen molar-refractivity contribution in [2.24, 2.45) is 23.2 Å². The smallest absolute Gasteiger partial charge is 0.237 e. The molecule has 4 aliphatic carbocycles. The highest BCUT2D eigenvalue weighted by atomic mass is 16.2. The molecular weight excluding hydrogens is 286 g/mol. The van der Waals surface area contributed by atoms with E-state index in [0.717, 1.165) is 43.9 Å². The second-order valence-corrected chi connectivity index (χ2v) is 9.33. The summed E-state index contributed by atoms with van der Waals surface area (Å²) in [5, 5.41) is 3.49. The van der Waals surface area contributed by atoms with Gasteiger partial charge >= 0.3 is 0 Å². The third-order valence-electron chi connectivity index (χ3n) is 7.35. The van der Waals surface area contributed by atoms with E-state index in [0.29, 0.717) is 11.5 Å². The lowest BCUT2D eigenvalue weighted by molar-refractivity contribution is -0.132. The molecule has 130 valence electrons. The molecule has 1 N–H and O–H groups in total. The molecule has 0 aromatic carbocycles. The Balaban J connectivity index is 1.37. The van der Waals surface area contributed by atoms with Crippen LogP contribution in [0.1, 0.15) is 46.0 Å². The molecule has 5 fully saturated rings. The first-order valence-electron chi connectivity index (χ1n) is 9.66. The van der Waals surface area contributed by atoms with E-state index in [2.05, 4.69) is 36.0 Å². The van der Waals surface area contributed by atoms with Gasteiger partial charge in [0.05, 0.1) is 6.04 Å². The number of rotatable bonds is 3. The second-order valence-electron chi connectivity index (χ2n) is 9.33. The van der Waals surface area contributed by atoms with Crippen molar-refractivity contribution in [3.05, 3.63) is 0 Å². The van der Waals surface area contributed by atoms with Crippen molar-refractivity contribution in [3.8, 4) is 0 Å². The number of nitrogens with zero attached hydrogens (tertiary/aromatic N) is 2. The Morgan fingerprint density at radius 3 is 2.26 bits per heavy atom. The summed E-state index contributed by atoms with van der Waals surface area (Å²) in [5.41, 5.74) is 0.584. The van der Waals surface area contributed by atoms with Crippen LogP contribution in [0.15, 0.2) is 0 Å². The van der Waals surface area contributed by atoms with Crippen LogP contribution in [0.3, 0.4) is 0 Å². The Morgan fingerprint density at radius 2 is 1.70 bits per heavy atom. The van der Waals surface area contributed by atoms with Crippen LogP contribution < -0.4 is 5.32 Å². The second kappa shape index (κ2) is 5.73. The van der Waals surface area contributed by atoms with Gasteiger partial charge in [0.2, 0.25) is 5.91 Å². The molecule has 5 rings (SSSR count). The van der Waals surface area contributed by atoms with Crippen molar-refractivity contribution < 1.29 is 4.79 Å². The molecule has 3 unspecified atom stereocenters. The Bertz CT molecular complexity index is 455. The van der Waals surface area contributed by atoms with Crippen molar-refractivity contribution >= 4 is 5.91 Å². The molecule has 4 bridgehead atoms. The Labute approximate surface area is 141 Å². The normalized spacial score (nSPS) is 45.2. The largest absolute Gasteiger partial charge is 0.351 e. The summed E-state index contributed by atoms with van der Waals surface area (Å²) in [6.45, 7) is 8.77. The third-order valence-corrected chi connectivity index (χ3v) is 7.35. The summed E-state index contributed by atoms with van der Waals surface area (Å²) in [7, 11) is 2.16. The summed E-state index contributed by atoms with van der Waals surface area (Å²) in [5.74, 6) is 2.71. The van der Waals surface area contributed by atoms with Gasteiger partial charge in [-0.2, -0.15) is 0 Å². The number of carbonyl (C=O) groups excluding carboxylic acids is 1. The number of carbonyl (C=O) groups is 1. The monoisotopic (exact) mass is 319 g/mol. The first kappa shape index (κ1) is 15.9. The van der Waals surface area contributed by atoms with Crippen molar-refractivity contribution in [2.45, 2.75) is 58.0 Å². The topological polar surface area (TPSA) is 35.6 Å². The molecule has 0 spiro atoms. The maximum absolute atomic E-state index is 12.8. The molecule has 1 amide bonds. The molecule has 4 nitrogen and oxygen atoms in total. The SMILES string of the molecule is CC(C(=O)NC1C2CC3CC1CC(C)(C3)C2)N1CCN(C)CC1. The highest BCUT2D eigenvalue weighted by molar-refractivity contribution is 5.81. The van der Waals surface area contributed by atoms with Gasteiger partial charge in [0.15, 0.2) is 0 Å². The van der Waals surface area contributed by atoms with E-state index in [1.54, 1.807) is 0 Å². The molecule has 1 aliphatic heterocycles. The lowest BCUT2D eigenvalue weighted by Crippen LogP contribution is -2.61. The molecule has 1 heterocycles. The van der Waals surface area contributed by atoms with Gasteiger partial charge in [-0.15, -0.1) is 0 Å². The van der Waals surface area contributed by atoms with Crippen LogP contribution >= 0.6 is 0 Å². The minimum absolute atomic E-state index is 0.0245. The quantitative estimate of drug-likeness (QED) is 0.864. The van der Waals surface area contributed by atoms with Crippen LogP contribution in [0.25, 0.3) is 0 Å². The van der Waals surface area contributed by atoms with Gasteiger partial charge in [-0.3, -0.25) is 9.69 Å². The van der Waals surface area contributed by atoms with E-state index in [-0.39, 0.29) is 11.9 Å².